The first kappa shape index (κ1) is 24.2. The summed E-state index contributed by atoms with van der Waals surface area (Å²) in [6.45, 7) is 2.38. The molecule has 37 heavy (non-hydrogen) atoms. The third kappa shape index (κ3) is 5.59. The van der Waals surface area contributed by atoms with E-state index in [9.17, 15) is 0 Å². The molecule has 190 valence electrons. The van der Waals surface area contributed by atoms with Gasteiger partial charge in [0.25, 0.3) is 0 Å². The van der Waals surface area contributed by atoms with Crippen molar-refractivity contribution in [3.63, 3.8) is 0 Å². The fraction of sp³-hybridized carbons (Fsp3) is 0.346. The highest BCUT2D eigenvalue weighted by molar-refractivity contribution is 7.99. The van der Waals surface area contributed by atoms with Gasteiger partial charge in [-0.3, -0.25) is 4.98 Å². The molecule has 1 aliphatic heterocycles. The van der Waals surface area contributed by atoms with Gasteiger partial charge in [0.15, 0.2) is 23.2 Å². The fourth-order valence-corrected chi connectivity index (χ4v) is 5.82. The average Bonchev–Trinajstić information content (AvgIpc) is 3.55. The predicted molar refractivity (Wildman–Crippen MR) is 140 cm³/mol. The Balaban J connectivity index is 1.23. The lowest BCUT2D eigenvalue weighted by Gasteiger charge is -2.31. The highest BCUT2D eigenvalue weighted by atomic mass is 32.2. The van der Waals surface area contributed by atoms with Crippen molar-refractivity contribution in [3.05, 3.63) is 66.5 Å². The number of ether oxygens (including phenoxy) is 3. The Morgan fingerprint density at radius 3 is 2.78 bits per heavy atom. The van der Waals surface area contributed by atoms with Crippen LogP contribution in [0, 0.1) is 6.92 Å². The predicted octanol–water partition coefficient (Wildman–Crippen LogP) is 6.47. The maximum Gasteiger partial charge on any atom is 0.208 e. The number of hydrogen-bond donors (Lipinski definition) is 1. The molecule has 1 N–H and O–H groups in total. The summed E-state index contributed by atoms with van der Waals surface area (Å²) in [5.41, 5.74) is 0.782. The molecule has 5 heterocycles. The maximum absolute atomic E-state index is 6.30. The lowest BCUT2D eigenvalue weighted by atomic mass is 9.94. The van der Waals surface area contributed by atoms with Crippen molar-refractivity contribution in [3.8, 4) is 11.5 Å². The normalized spacial score (nSPS) is 18.7. The number of nitrogens with one attached hydrogen (secondary N) is 1. The van der Waals surface area contributed by atoms with Crippen LogP contribution in [0.15, 0.2) is 64.9 Å². The zero-order chi connectivity index (χ0) is 25.1. The Kier molecular flexibility index (Phi) is 7.01. The molecule has 0 bridgehead atoms. The molecule has 2 fully saturated rings. The minimum atomic E-state index is -0.465. The van der Waals surface area contributed by atoms with E-state index in [-0.39, 0.29) is 6.10 Å². The van der Waals surface area contributed by atoms with Crippen molar-refractivity contribution >= 4 is 34.2 Å². The Labute approximate surface area is 223 Å². The van der Waals surface area contributed by atoms with Crippen molar-refractivity contribution < 1.29 is 14.2 Å². The molecular weight excluding hydrogens is 508 g/mol. The van der Waals surface area contributed by atoms with Gasteiger partial charge in [0.2, 0.25) is 5.13 Å². The highest BCUT2D eigenvalue weighted by Crippen LogP contribution is 2.43. The van der Waals surface area contributed by atoms with Gasteiger partial charge in [0.1, 0.15) is 16.9 Å². The molecule has 1 atom stereocenters. The van der Waals surface area contributed by atoms with E-state index in [1.54, 1.807) is 18.6 Å². The van der Waals surface area contributed by atoms with Crippen LogP contribution in [0.25, 0.3) is 0 Å². The molecule has 0 unspecified atom stereocenters. The largest absolute Gasteiger partial charge is 0.452 e. The first-order valence-electron chi connectivity index (χ1n) is 12.3. The number of pyridine rings is 3. The van der Waals surface area contributed by atoms with Crippen LogP contribution in [0.2, 0.25) is 0 Å². The first-order chi connectivity index (χ1) is 18.2. The Hall–Kier alpha value is -3.12. The van der Waals surface area contributed by atoms with Crippen molar-refractivity contribution in [2.75, 3.05) is 11.9 Å². The van der Waals surface area contributed by atoms with Gasteiger partial charge in [-0.25, -0.2) is 15.0 Å². The molecule has 1 saturated heterocycles. The highest BCUT2D eigenvalue weighted by Gasteiger charge is 2.44. The number of anilines is 2. The third-order valence-electron chi connectivity index (χ3n) is 6.29. The molecule has 9 nitrogen and oxygen atoms in total. The van der Waals surface area contributed by atoms with Gasteiger partial charge in [0, 0.05) is 53.9 Å². The lowest BCUT2D eigenvalue weighted by molar-refractivity contribution is -0.188. The Morgan fingerprint density at radius 1 is 1.05 bits per heavy atom. The lowest BCUT2D eigenvalue weighted by Crippen LogP contribution is -2.32. The van der Waals surface area contributed by atoms with Crippen LogP contribution in [0.5, 0.6) is 11.5 Å². The SMILES string of the molecule is Cc1ncccc1Oc1cc(Sc2ccccn2)cnc1Nc1nc([C@H]2COC3(CCCCC3)O2)ns1. The van der Waals surface area contributed by atoms with E-state index in [0.717, 1.165) is 41.3 Å². The zero-order valence-electron chi connectivity index (χ0n) is 20.3. The summed E-state index contributed by atoms with van der Waals surface area (Å²) in [6.07, 6.45) is 10.4. The van der Waals surface area contributed by atoms with Gasteiger partial charge in [-0.05, 0) is 44.0 Å². The van der Waals surface area contributed by atoms with Crippen LogP contribution >= 0.6 is 23.3 Å². The second-order valence-electron chi connectivity index (χ2n) is 8.95. The van der Waals surface area contributed by atoms with Crippen LogP contribution in [0.4, 0.5) is 10.9 Å². The minimum absolute atomic E-state index is 0.260. The standard InChI is InChI=1S/C26H26N6O3S2/c1-17-19(8-7-13-27-17)34-20-14-18(36-22-9-3-6-12-28-22)15-29-23(20)30-25-31-24(32-37-25)21-16-33-26(35-21)10-4-2-5-11-26/h3,6-9,12-15,21H,2,4-5,10-11,16H2,1H3,(H,29,30,31,32)/t21-/m1/s1. The molecule has 4 aromatic heterocycles. The average molecular weight is 535 g/mol. The van der Waals surface area contributed by atoms with E-state index in [1.807, 2.05) is 43.3 Å². The van der Waals surface area contributed by atoms with Gasteiger partial charge in [-0.15, -0.1) is 0 Å². The van der Waals surface area contributed by atoms with Gasteiger partial charge in [0.05, 0.1) is 12.3 Å². The van der Waals surface area contributed by atoms with Gasteiger partial charge in [-0.2, -0.15) is 4.37 Å². The molecule has 2 aliphatic rings. The van der Waals surface area contributed by atoms with Crippen molar-refractivity contribution in [2.45, 2.75) is 60.8 Å². The molecule has 0 radical (unpaired) electrons. The van der Waals surface area contributed by atoms with Crippen LogP contribution in [0.1, 0.15) is 49.7 Å². The maximum atomic E-state index is 6.30. The van der Waals surface area contributed by atoms with Crippen LogP contribution < -0.4 is 10.1 Å². The second-order valence-corrected chi connectivity index (χ2v) is 10.8. The summed E-state index contributed by atoms with van der Waals surface area (Å²) in [7, 11) is 0. The van der Waals surface area contributed by atoms with Crippen molar-refractivity contribution in [2.24, 2.45) is 0 Å². The van der Waals surface area contributed by atoms with Crippen molar-refractivity contribution in [1.82, 2.24) is 24.3 Å². The molecule has 4 aromatic rings. The summed E-state index contributed by atoms with van der Waals surface area (Å²) in [6, 6.07) is 11.5. The van der Waals surface area contributed by atoms with E-state index in [4.69, 9.17) is 14.2 Å². The molecule has 1 saturated carbocycles. The number of nitrogens with zero attached hydrogens (tertiary/aromatic N) is 5. The number of hydrogen-bond acceptors (Lipinski definition) is 11. The number of rotatable bonds is 7. The molecular formula is C26H26N6O3S2. The van der Waals surface area contributed by atoms with Crippen molar-refractivity contribution in [1.29, 1.82) is 0 Å². The van der Waals surface area contributed by atoms with Gasteiger partial charge >= 0.3 is 0 Å². The fourth-order valence-electron chi connectivity index (χ4n) is 4.43. The van der Waals surface area contributed by atoms with E-state index in [2.05, 4.69) is 29.6 Å². The zero-order valence-corrected chi connectivity index (χ0v) is 21.9. The smallest absolute Gasteiger partial charge is 0.208 e. The van der Waals surface area contributed by atoms with Crippen LogP contribution in [0.3, 0.4) is 0 Å². The van der Waals surface area contributed by atoms with E-state index < -0.39 is 5.79 Å². The molecule has 11 heteroatoms. The molecule has 1 spiro atoms. The number of aromatic nitrogens is 5. The summed E-state index contributed by atoms with van der Waals surface area (Å²) in [5, 5.41) is 4.76. The Morgan fingerprint density at radius 2 is 1.95 bits per heavy atom. The summed E-state index contributed by atoms with van der Waals surface area (Å²) < 4.78 is 23.2. The van der Waals surface area contributed by atoms with Gasteiger partial charge < -0.3 is 19.5 Å². The third-order valence-corrected chi connectivity index (χ3v) is 7.85. The topological polar surface area (TPSA) is 104 Å². The summed E-state index contributed by atoms with van der Waals surface area (Å²) in [4.78, 5) is 19.0. The first-order valence-corrected chi connectivity index (χ1v) is 13.9. The number of aryl methyl sites for hydroxylation is 1. The van der Waals surface area contributed by atoms with Crippen LogP contribution in [-0.2, 0) is 9.47 Å². The van der Waals surface area contributed by atoms with E-state index >= 15 is 0 Å². The minimum Gasteiger partial charge on any atom is -0.452 e. The monoisotopic (exact) mass is 534 g/mol. The summed E-state index contributed by atoms with van der Waals surface area (Å²) in [5.74, 6) is 1.90. The molecule has 1 aliphatic carbocycles. The second kappa shape index (κ2) is 10.7. The Bertz CT molecular complexity index is 1360. The quantitative estimate of drug-likeness (QED) is 0.284. The molecule has 0 aromatic carbocycles. The summed E-state index contributed by atoms with van der Waals surface area (Å²) >= 11 is 2.77. The molecule has 6 rings (SSSR count). The van der Waals surface area contributed by atoms with Crippen LogP contribution in [-0.4, -0.2) is 36.7 Å². The van der Waals surface area contributed by atoms with E-state index in [0.29, 0.717) is 34.9 Å². The van der Waals surface area contributed by atoms with Gasteiger partial charge in [-0.1, -0.05) is 24.2 Å². The van der Waals surface area contributed by atoms with E-state index in [1.165, 1.54) is 29.7 Å². The molecule has 0 amide bonds.